The van der Waals surface area contributed by atoms with Crippen molar-refractivity contribution in [1.29, 1.82) is 0 Å². The molecule has 3 unspecified atom stereocenters. The van der Waals surface area contributed by atoms with Crippen LogP contribution in [0.1, 0.15) is 65.2 Å². The van der Waals surface area contributed by atoms with E-state index in [1.54, 1.807) is 0 Å². The third kappa shape index (κ3) is 8.35. The monoisotopic (exact) mass is 327 g/mol. The lowest BCUT2D eigenvalue weighted by Crippen LogP contribution is -2.39. The molecule has 3 atom stereocenters. The summed E-state index contributed by atoms with van der Waals surface area (Å²) in [5.41, 5.74) is 0. The van der Waals surface area contributed by atoms with E-state index in [4.69, 9.17) is 0 Å². The molecule has 0 aromatic carbocycles. The first kappa shape index (κ1) is 19.9. The second-order valence-corrected chi connectivity index (χ2v) is 7.27. The largest absolute Gasteiger partial charge is 0.481 e. The molecule has 0 aromatic heterocycles. The van der Waals surface area contributed by atoms with Crippen molar-refractivity contribution in [1.82, 2.24) is 5.32 Å². The number of carboxylic acids is 1. The van der Waals surface area contributed by atoms with Crippen LogP contribution in [0.3, 0.4) is 0 Å². The first-order chi connectivity index (χ1) is 10.9. The second kappa shape index (κ2) is 10.6. The molecule has 1 rings (SSSR count). The Labute approximate surface area is 140 Å². The van der Waals surface area contributed by atoms with Crippen LogP contribution < -0.4 is 5.32 Å². The molecule has 0 saturated heterocycles. The minimum Gasteiger partial charge on any atom is -0.481 e. The number of hydrogen-bond donors (Lipinski definition) is 2. The average Bonchev–Trinajstić information content (AvgIpc) is 2.51. The predicted molar refractivity (Wildman–Crippen MR) is 90.2 cm³/mol. The maximum absolute atomic E-state index is 11.3. The summed E-state index contributed by atoms with van der Waals surface area (Å²) in [6, 6.07) is 0.417. The van der Waals surface area contributed by atoms with E-state index in [-0.39, 0.29) is 11.9 Å². The van der Waals surface area contributed by atoms with Crippen LogP contribution in [0.25, 0.3) is 0 Å². The molecule has 1 aliphatic carbocycles. The number of nitrogens with one attached hydrogen (secondary N) is 1. The Morgan fingerprint density at radius 2 is 2.04 bits per heavy atom. The van der Waals surface area contributed by atoms with E-state index in [0.29, 0.717) is 30.8 Å². The highest BCUT2D eigenvalue weighted by Gasteiger charge is 2.24. The Morgan fingerprint density at radius 1 is 1.30 bits per heavy atom. The highest BCUT2D eigenvalue weighted by atomic mass is 16.5. The molecule has 0 amide bonds. The number of esters is 1. The van der Waals surface area contributed by atoms with Gasteiger partial charge in [-0.1, -0.05) is 26.7 Å². The number of carboxylic acid groups (broad SMARTS) is 1. The maximum Gasteiger partial charge on any atom is 0.307 e. The van der Waals surface area contributed by atoms with Gasteiger partial charge in [-0.05, 0) is 43.9 Å². The molecule has 0 aliphatic heterocycles. The number of carbonyl (C=O) groups is 2. The van der Waals surface area contributed by atoms with E-state index in [1.165, 1.54) is 20.0 Å². The van der Waals surface area contributed by atoms with Crippen molar-refractivity contribution in [2.24, 2.45) is 17.8 Å². The van der Waals surface area contributed by atoms with E-state index in [2.05, 4.69) is 23.9 Å². The molecular weight excluding hydrogens is 294 g/mol. The summed E-state index contributed by atoms with van der Waals surface area (Å²) in [6.45, 7) is 4.69. The van der Waals surface area contributed by atoms with Gasteiger partial charge >= 0.3 is 11.9 Å². The Bertz CT molecular complexity index is 370. The van der Waals surface area contributed by atoms with Gasteiger partial charge in [0.2, 0.25) is 0 Å². The molecule has 0 spiro atoms. The van der Waals surface area contributed by atoms with Gasteiger partial charge in [-0.15, -0.1) is 0 Å². The van der Waals surface area contributed by atoms with Crippen molar-refractivity contribution in [2.45, 2.75) is 71.3 Å². The normalized spacial score (nSPS) is 22.8. The summed E-state index contributed by atoms with van der Waals surface area (Å²) in [7, 11) is 1.43. The zero-order chi connectivity index (χ0) is 17.2. The Morgan fingerprint density at radius 3 is 2.65 bits per heavy atom. The van der Waals surface area contributed by atoms with Crippen molar-refractivity contribution in [3.05, 3.63) is 0 Å². The molecule has 5 heteroatoms. The van der Waals surface area contributed by atoms with Crippen molar-refractivity contribution in [2.75, 3.05) is 13.7 Å². The van der Waals surface area contributed by atoms with E-state index >= 15 is 0 Å². The Balaban J connectivity index is 2.31. The summed E-state index contributed by atoms with van der Waals surface area (Å²) in [5, 5.41) is 12.8. The predicted octanol–water partition coefficient (Wildman–Crippen LogP) is 3.23. The molecular formula is C18H33NO4. The van der Waals surface area contributed by atoms with Crippen LogP contribution in [0.2, 0.25) is 0 Å². The van der Waals surface area contributed by atoms with Crippen LogP contribution in [0, 0.1) is 17.8 Å². The number of ether oxygens (including phenoxy) is 1. The molecule has 1 fully saturated rings. The molecule has 1 aliphatic rings. The number of methoxy groups -OCH3 is 1. The van der Waals surface area contributed by atoms with Crippen LogP contribution in [0.5, 0.6) is 0 Å². The molecule has 23 heavy (non-hydrogen) atoms. The molecule has 0 heterocycles. The number of aliphatic carboxylic acids is 1. The minimum atomic E-state index is -0.698. The van der Waals surface area contributed by atoms with E-state index in [1.807, 2.05) is 0 Å². The molecule has 134 valence electrons. The lowest BCUT2D eigenvalue weighted by atomic mass is 9.82. The molecule has 0 aromatic rings. The number of rotatable bonds is 10. The van der Waals surface area contributed by atoms with E-state index in [9.17, 15) is 14.7 Å². The summed E-state index contributed by atoms with van der Waals surface area (Å²) in [6.07, 6.45) is 7.78. The summed E-state index contributed by atoms with van der Waals surface area (Å²) in [4.78, 5) is 22.5. The molecule has 1 saturated carbocycles. The van der Waals surface area contributed by atoms with Gasteiger partial charge in [0.05, 0.1) is 13.0 Å². The summed E-state index contributed by atoms with van der Waals surface area (Å²) >= 11 is 0. The highest BCUT2D eigenvalue weighted by molar-refractivity contribution is 5.70. The third-order valence-electron chi connectivity index (χ3n) is 4.76. The van der Waals surface area contributed by atoms with Crippen LogP contribution in [-0.2, 0) is 14.3 Å². The van der Waals surface area contributed by atoms with Gasteiger partial charge in [-0.25, -0.2) is 0 Å². The van der Waals surface area contributed by atoms with E-state index < -0.39 is 5.97 Å². The van der Waals surface area contributed by atoms with Crippen molar-refractivity contribution < 1.29 is 19.4 Å². The van der Waals surface area contributed by atoms with Crippen LogP contribution >= 0.6 is 0 Å². The zero-order valence-electron chi connectivity index (χ0n) is 14.8. The standard InChI is InChI=1S/C18H33NO4/c1-13(2)10-15(18(21)22)12-19-16-8-4-6-14(11-16)7-5-9-17(20)23-3/h13-16,19H,4-12H2,1-3H3,(H,21,22). The van der Waals surface area contributed by atoms with Gasteiger partial charge in [-0.3, -0.25) is 9.59 Å². The molecule has 0 bridgehead atoms. The van der Waals surface area contributed by atoms with Gasteiger partial charge in [0.25, 0.3) is 0 Å². The first-order valence-corrected chi connectivity index (χ1v) is 8.95. The average molecular weight is 327 g/mol. The SMILES string of the molecule is COC(=O)CCCC1CCCC(NCC(CC(C)C)C(=O)O)C1. The van der Waals surface area contributed by atoms with Crippen molar-refractivity contribution in [3.8, 4) is 0 Å². The Hall–Kier alpha value is -1.10. The lowest BCUT2D eigenvalue weighted by Gasteiger charge is -2.31. The molecule has 0 radical (unpaired) electrons. The molecule has 2 N–H and O–H groups in total. The lowest BCUT2D eigenvalue weighted by molar-refractivity contribution is -0.142. The maximum atomic E-state index is 11.3. The summed E-state index contributed by atoms with van der Waals surface area (Å²) < 4.78 is 4.67. The zero-order valence-corrected chi connectivity index (χ0v) is 14.8. The van der Waals surface area contributed by atoms with Crippen LogP contribution in [0.15, 0.2) is 0 Å². The number of carbonyl (C=O) groups excluding carboxylic acids is 1. The van der Waals surface area contributed by atoms with Gasteiger partial charge < -0.3 is 15.2 Å². The fraction of sp³-hybridized carbons (Fsp3) is 0.889. The topological polar surface area (TPSA) is 75.6 Å². The van der Waals surface area contributed by atoms with Gasteiger partial charge in [0.15, 0.2) is 0 Å². The van der Waals surface area contributed by atoms with Gasteiger partial charge in [0, 0.05) is 19.0 Å². The van der Waals surface area contributed by atoms with Crippen LogP contribution in [-0.4, -0.2) is 36.7 Å². The smallest absolute Gasteiger partial charge is 0.307 e. The minimum absolute atomic E-state index is 0.131. The van der Waals surface area contributed by atoms with Crippen molar-refractivity contribution in [3.63, 3.8) is 0 Å². The fourth-order valence-electron chi connectivity index (χ4n) is 3.53. The first-order valence-electron chi connectivity index (χ1n) is 8.95. The Kier molecular flexibility index (Phi) is 9.22. The number of hydrogen-bond acceptors (Lipinski definition) is 4. The summed E-state index contributed by atoms with van der Waals surface area (Å²) in [5.74, 6) is -0.0885. The van der Waals surface area contributed by atoms with Crippen LogP contribution in [0.4, 0.5) is 0 Å². The highest BCUT2D eigenvalue weighted by Crippen LogP contribution is 2.28. The van der Waals surface area contributed by atoms with Gasteiger partial charge in [-0.2, -0.15) is 0 Å². The van der Waals surface area contributed by atoms with Gasteiger partial charge in [0.1, 0.15) is 0 Å². The fourth-order valence-corrected chi connectivity index (χ4v) is 3.53. The quantitative estimate of drug-likeness (QED) is 0.603. The molecule has 5 nitrogen and oxygen atoms in total. The third-order valence-corrected chi connectivity index (χ3v) is 4.76. The van der Waals surface area contributed by atoms with E-state index in [0.717, 1.165) is 32.1 Å². The second-order valence-electron chi connectivity index (χ2n) is 7.27. The van der Waals surface area contributed by atoms with Crippen molar-refractivity contribution >= 4 is 11.9 Å².